The molecule has 6 heteroatoms. The van der Waals surface area contributed by atoms with Crippen LogP contribution in [0.1, 0.15) is 71.1 Å². The first-order chi connectivity index (χ1) is 13.1. The van der Waals surface area contributed by atoms with Crippen LogP contribution < -0.4 is 10.6 Å². The van der Waals surface area contributed by atoms with Gasteiger partial charge in [0.2, 0.25) is 0 Å². The van der Waals surface area contributed by atoms with Crippen molar-refractivity contribution in [2.45, 2.75) is 76.7 Å². The minimum atomic E-state index is -0.299. The maximum atomic E-state index is 12.3. The molecule has 0 unspecified atom stereocenters. The van der Waals surface area contributed by atoms with Gasteiger partial charge in [0.25, 0.3) is 0 Å². The lowest BCUT2D eigenvalue weighted by Crippen LogP contribution is -2.61. The summed E-state index contributed by atoms with van der Waals surface area (Å²) in [6, 6.07) is 0.0229. The molecule has 0 aromatic carbocycles. The Bertz CT molecular complexity index is 473. The Labute approximate surface area is 163 Å². The Morgan fingerprint density at radius 2 is 1.59 bits per heavy atom. The molecule has 0 aromatic rings. The zero-order valence-electron chi connectivity index (χ0n) is 16.8. The van der Waals surface area contributed by atoms with Crippen molar-refractivity contribution in [3.8, 4) is 0 Å². The van der Waals surface area contributed by atoms with Gasteiger partial charge in [0, 0.05) is 18.7 Å². The van der Waals surface area contributed by atoms with E-state index in [1.165, 1.54) is 38.5 Å². The van der Waals surface area contributed by atoms with Crippen LogP contribution in [-0.4, -0.2) is 43.9 Å². The van der Waals surface area contributed by atoms with Gasteiger partial charge in [-0.1, -0.05) is 12.8 Å². The number of carbonyl (C=O) groups is 2. The molecule has 4 rings (SSSR count). The van der Waals surface area contributed by atoms with Gasteiger partial charge in [0.1, 0.15) is 6.61 Å². The van der Waals surface area contributed by atoms with Crippen LogP contribution in [0.3, 0.4) is 0 Å². The van der Waals surface area contributed by atoms with Crippen molar-refractivity contribution in [2.24, 2.45) is 17.8 Å². The second-order valence-corrected chi connectivity index (χ2v) is 8.85. The lowest BCUT2D eigenvalue weighted by molar-refractivity contribution is -0.148. The number of rotatable bonds is 11. The molecule has 0 radical (unpaired) electrons. The molecule has 4 aliphatic carbocycles. The van der Waals surface area contributed by atoms with Crippen molar-refractivity contribution < 1.29 is 19.1 Å². The maximum absolute atomic E-state index is 12.3. The Morgan fingerprint density at radius 1 is 0.963 bits per heavy atom. The molecule has 0 spiro atoms. The van der Waals surface area contributed by atoms with Crippen molar-refractivity contribution in [3.63, 3.8) is 0 Å². The highest BCUT2D eigenvalue weighted by Crippen LogP contribution is 2.55. The van der Waals surface area contributed by atoms with E-state index in [1.807, 2.05) is 0 Å². The number of ether oxygens (including phenoxy) is 2. The number of nitrogens with one attached hydrogen (secondary N) is 2. The third kappa shape index (κ3) is 6.09. The molecule has 4 saturated carbocycles. The summed E-state index contributed by atoms with van der Waals surface area (Å²) in [6.45, 7) is 3.53. The summed E-state index contributed by atoms with van der Waals surface area (Å²) in [5, 5.41) is 6.40. The van der Waals surface area contributed by atoms with Crippen LogP contribution in [0.25, 0.3) is 0 Å². The van der Waals surface area contributed by atoms with Crippen molar-refractivity contribution in [2.75, 3.05) is 26.4 Å². The lowest BCUT2D eigenvalue weighted by Gasteiger charge is -2.56. The first-order valence-electron chi connectivity index (χ1n) is 10.9. The molecule has 0 saturated heterocycles. The standard InChI is InChI=1S/C21H36N2O4/c1-2-27-19(24)15-26-8-6-4-3-5-7-22-20(25)23-21-12-16-9-17(13-21)11-18(10-16)14-21/h16-18H,2-15H2,1H3,(H2,22,23,25). The molecular formula is C21H36N2O4. The summed E-state index contributed by atoms with van der Waals surface area (Å²) in [7, 11) is 0. The van der Waals surface area contributed by atoms with Gasteiger partial charge >= 0.3 is 12.0 Å². The van der Waals surface area contributed by atoms with Crippen molar-refractivity contribution in [1.82, 2.24) is 10.6 Å². The predicted octanol–water partition coefficient (Wildman–Crippen LogP) is 3.39. The van der Waals surface area contributed by atoms with Gasteiger partial charge < -0.3 is 20.1 Å². The van der Waals surface area contributed by atoms with E-state index in [-0.39, 0.29) is 24.1 Å². The van der Waals surface area contributed by atoms with E-state index in [1.54, 1.807) is 6.92 Å². The Kier molecular flexibility index (Phi) is 7.39. The second kappa shape index (κ2) is 9.76. The van der Waals surface area contributed by atoms with E-state index in [0.29, 0.717) is 13.2 Å². The topological polar surface area (TPSA) is 76.7 Å². The fraction of sp³-hybridized carbons (Fsp3) is 0.905. The van der Waals surface area contributed by atoms with E-state index in [9.17, 15) is 9.59 Å². The van der Waals surface area contributed by atoms with Gasteiger partial charge in [0.15, 0.2) is 0 Å². The van der Waals surface area contributed by atoms with Gasteiger partial charge in [-0.05, 0) is 76.0 Å². The van der Waals surface area contributed by atoms with Crippen LogP contribution in [0.5, 0.6) is 0 Å². The molecule has 27 heavy (non-hydrogen) atoms. The number of carbonyl (C=O) groups excluding carboxylic acids is 2. The highest BCUT2D eigenvalue weighted by Gasteiger charge is 2.51. The normalized spacial score (nSPS) is 30.9. The molecule has 4 aliphatic rings. The van der Waals surface area contributed by atoms with Crippen molar-refractivity contribution >= 4 is 12.0 Å². The summed E-state index contributed by atoms with van der Waals surface area (Å²) in [6.07, 6.45) is 11.8. The van der Waals surface area contributed by atoms with E-state index >= 15 is 0 Å². The van der Waals surface area contributed by atoms with E-state index < -0.39 is 0 Å². The van der Waals surface area contributed by atoms with Gasteiger partial charge in [-0.15, -0.1) is 0 Å². The molecule has 0 aromatic heterocycles. The van der Waals surface area contributed by atoms with Gasteiger partial charge in [-0.25, -0.2) is 9.59 Å². The molecule has 4 fully saturated rings. The molecule has 0 aliphatic heterocycles. The maximum Gasteiger partial charge on any atom is 0.332 e. The molecular weight excluding hydrogens is 344 g/mol. The third-order valence-electron chi connectivity index (χ3n) is 6.44. The third-order valence-corrected chi connectivity index (χ3v) is 6.44. The van der Waals surface area contributed by atoms with E-state index in [4.69, 9.17) is 9.47 Å². The first kappa shape index (κ1) is 20.4. The quantitative estimate of drug-likeness (QED) is 0.425. The summed E-state index contributed by atoms with van der Waals surface area (Å²) in [5.41, 5.74) is 0.0924. The number of hydrogen-bond donors (Lipinski definition) is 2. The largest absolute Gasteiger partial charge is 0.464 e. The number of esters is 1. The Morgan fingerprint density at radius 3 is 2.22 bits per heavy atom. The minimum absolute atomic E-state index is 0.0229. The van der Waals surface area contributed by atoms with Crippen LogP contribution in [0.15, 0.2) is 0 Å². The smallest absolute Gasteiger partial charge is 0.332 e. The second-order valence-electron chi connectivity index (χ2n) is 8.85. The van der Waals surface area contributed by atoms with Crippen LogP contribution in [-0.2, 0) is 14.3 Å². The molecule has 4 bridgehead atoms. The predicted molar refractivity (Wildman–Crippen MR) is 103 cm³/mol. The highest BCUT2D eigenvalue weighted by molar-refractivity contribution is 5.74. The highest BCUT2D eigenvalue weighted by atomic mass is 16.6. The van der Waals surface area contributed by atoms with Crippen LogP contribution in [0.4, 0.5) is 4.79 Å². The van der Waals surface area contributed by atoms with Crippen LogP contribution in [0, 0.1) is 17.8 Å². The molecule has 154 valence electrons. The SMILES string of the molecule is CCOC(=O)COCCCCCCNC(=O)NC12CC3CC(CC(C3)C1)C2. The fourth-order valence-electron chi connectivity index (χ4n) is 5.79. The average Bonchev–Trinajstić information content (AvgIpc) is 2.59. The molecule has 6 nitrogen and oxygen atoms in total. The van der Waals surface area contributed by atoms with E-state index in [2.05, 4.69) is 10.6 Å². The summed E-state index contributed by atoms with van der Waals surface area (Å²) < 4.78 is 10.1. The molecule has 0 heterocycles. The molecule has 0 atom stereocenters. The lowest BCUT2D eigenvalue weighted by atomic mass is 9.53. The van der Waals surface area contributed by atoms with Crippen LogP contribution >= 0.6 is 0 Å². The van der Waals surface area contributed by atoms with Gasteiger partial charge in [-0.3, -0.25) is 0 Å². The van der Waals surface area contributed by atoms with E-state index in [0.717, 1.165) is 50.0 Å². The monoisotopic (exact) mass is 380 g/mol. The Hall–Kier alpha value is -1.30. The van der Waals surface area contributed by atoms with Crippen LogP contribution in [0.2, 0.25) is 0 Å². The number of unbranched alkanes of at least 4 members (excludes halogenated alkanes) is 3. The number of amides is 2. The fourth-order valence-corrected chi connectivity index (χ4v) is 5.79. The average molecular weight is 381 g/mol. The van der Waals surface area contributed by atoms with Crippen molar-refractivity contribution in [1.29, 1.82) is 0 Å². The zero-order chi connectivity index (χ0) is 19.1. The zero-order valence-corrected chi connectivity index (χ0v) is 16.8. The van der Waals surface area contributed by atoms with Gasteiger partial charge in [-0.2, -0.15) is 0 Å². The minimum Gasteiger partial charge on any atom is -0.464 e. The van der Waals surface area contributed by atoms with Gasteiger partial charge in [0.05, 0.1) is 6.61 Å². The molecule has 2 N–H and O–H groups in total. The summed E-state index contributed by atoms with van der Waals surface area (Å²) in [5.74, 6) is 2.25. The summed E-state index contributed by atoms with van der Waals surface area (Å²) >= 11 is 0. The summed E-state index contributed by atoms with van der Waals surface area (Å²) in [4.78, 5) is 23.4. The van der Waals surface area contributed by atoms with Crippen molar-refractivity contribution in [3.05, 3.63) is 0 Å². The first-order valence-corrected chi connectivity index (χ1v) is 10.9. The molecule has 2 amide bonds. The number of urea groups is 1. The Balaban J connectivity index is 1.19. The number of hydrogen-bond acceptors (Lipinski definition) is 4.